The van der Waals surface area contributed by atoms with E-state index in [0.717, 1.165) is 11.3 Å². The molecule has 0 fully saturated rings. The Morgan fingerprint density at radius 2 is 1.97 bits per heavy atom. The maximum Gasteiger partial charge on any atom is 0.387 e. The van der Waals surface area contributed by atoms with Gasteiger partial charge in [-0.3, -0.25) is 4.79 Å². The van der Waals surface area contributed by atoms with E-state index in [1.165, 1.54) is 24.5 Å². The number of aromatic nitrogens is 1. The zero-order valence-electron chi connectivity index (χ0n) is 16.1. The summed E-state index contributed by atoms with van der Waals surface area (Å²) in [5, 5.41) is 4.74. The molecule has 1 aromatic heterocycles. The fraction of sp³-hybridized carbons (Fsp3) is 0.238. The average molecular weight is 434 g/mol. The molecule has 0 atom stereocenters. The zero-order valence-corrected chi connectivity index (χ0v) is 17.0. The maximum absolute atomic E-state index is 12.4. The lowest BCUT2D eigenvalue weighted by Gasteiger charge is -2.12. The van der Waals surface area contributed by atoms with Crippen molar-refractivity contribution in [3.8, 4) is 17.2 Å². The number of amides is 1. The van der Waals surface area contributed by atoms with Crippen molar-refractivity contribution in [3.63, 3.8) is 0 Å². The van der Waals surface area contributed by atoms with Crippen molar-refractivity contribution in [2.75, 3.05) is 13.7 Å². The van der Waals surface area contributed by atoms with Crippen LogP contribution in [0.25, 0.3) is 0 Å². The fourth-order valence-corrected chi connectivity index (χ4v) is 3.19. The smallest absolute Gasteiger partial charge is 0.387 e. The molecule has 0 bridgehead atoms. The van der Waals surface area contributed by atoms with E-state index in [4.69, 9.17) is 9.47 Å². The monoisotopic (exact) mass is 434 g/mol. The van der Waals surface area contributed by atoms with E-state index in [0.29, 0.717) is 30.9 Å². The molecule has 0 radical (unpaired) electrons. The second-order valence-corrected chi connectivity index (χ2v) is 6.88. The molecule has 1 heterocycles. The van der Waals surface area contributed by atoms with Crippen LogP contribution in [-0.2, 0) is 13.0 Å². The van der Waals surface area contributed by atoms with Crippen molar-refractivity contribution in [1.82, 2.24) is 10.3 Å². The van der Waals surface area contributed by atoms with Crippen LogP contribution in [-0.4, -0.2) is 31.2 Å². The average Bonchev–Trinajstić information content (AvgIpc) is 3.27. The van der Waals surface area contributed by atoms with E-state index in [1.54, 1.807) is 41.9 Å². The second kappa shape index (κ2) is 10.5. The fourth-order valence-electron chi connectivity index (χ4n) is 2.65. The standard InChI is InChI=1S/C21H20F2N2O4S/c1-27-19-10-14(2-7-18(19)29-21(22)23)8-9-24-20(26)15-3-5-17(6-4-15)28-11-16-12-30-13-25-16/h2-7,10,12-13,21H,8-9,11H2,1H3,(H,24,26). The lowest BCUT2D eigenvalue weighted by molar-refractivity contribution is -0.0512. The number of nitrogens with zero attached hydrogens (tertiary/aromatic N) is 1. The molecule has 0 spiro atoms. The molecule has 1 amide bonds. The lowest BCUT2D eigenvalue weighted by atomic mass is 10.1. The molecule has 0 unspecified atom stereocenters. The largest absolute Gasteiger partial charge is 0.493 e. The first-order chi connectivity index (χ1) is 14.5. The number of thiazole rings is 1. The Bertz CT molecular complexity index is 950. The van der Waals surface area contributed by atoms with Gasteiger partial charge in [0, 0.05) is 17.5 Å². The first-order valence-corrected chi connectivity index (χ1v) is 9.99. The summed E-state index contributed by atoms with van der Waals surface area (Å²) >= 11 is 1.50. The van der Waals surface area contributed by atoms with Crippen LogP contribution in [0.4, 0.5) is 8.78 Å². The molecule has 0 aliphatic carbocycles. The Morgan fingerprint density at radius 3 is 2.63 bits per heavy atom. The number of benzene rings is 2. The summed E-state index contributed by atoms with van der Waals surface area (Å²) in [4.78, 5) is 16.4. The number of rotatable bonds is 10. The topological polar surface area (TPSA) is 69.7 Å². The Morgan fingerprint density at radius 1 is 1.17 bits per heavy atom. The summed E-state index contributed by atoms with van der Waals surface area (Å²) in [6.45, 7) is -2.17. The summed E-state index contributed by atoms with van der Waals surface area (Å²) in [6.07, 6.45) is 0.506. The molecule has 2 aromatic carbocycles. The molecule has 9 heteroatoms. The molecular weight excluding hydrogens is 414 g/mol. The Balaban J connectivity index is 1.48. The van der Waals surface area contributed by atoms with Gasteiger partial charge in [-0.15, -0.1) is 11.3 Å². The van der Waals surface area contributed by atoms with E-state index in [2.05, 4.69) is 15.0 Å². The van der Waals surface area contributed by atoms with Crippen LogP contribution in [0.3, 0.4) is 0 Å². The van der Waals surface area contributed by atoms with Gasteiger partial charge >= 0.3 is 6.61 Å². The molecule has 158 valence electrons. The van der Waals surface area contributed by atoms with Gasteiger partial charge in [0.05, 0.1) is 18.3 Å². The van der Waals surface area contributed by atoms with Crippen molar-refractivity contribution in [2.45, 2.75) is 19.6 Å². The highest BCUT2D eigenvalue weighted by atomic mass is 32.1. The van der Waals surface area contributed by atoms with Gasteiger partial charge in [-0.1, -0.05) is 6.07 Å². The number of halogens is 2. The van der Waals surface area contributed by atoms with Crippen molar-refractivity contribution in [2.24, 2.45) is 0 Å². The van der Waals surface area contributed by atoms with E-state index >= 15 is 0 Å². The molecule has 0 aliphatic heterocycles. The summed E-state index contributed by atoms with van der Waals surface area (Å²) < 4.78 is 39.9. The normalized spacial score (nSPS) is 10.7. The van der Waals surface area contributed by atoms with Crippen LogP contribution in [0.1, 0.15) is 21.6 Å². The first kappa shape index (κ1) is 21.5. The first-order valence-electron chi connectivity index (χ1n) is 9.05. The molecule has 3 aromatic rings. The third-order valence-electron chi connectivity index (χ3n) is 4.13. The zero-order chi connectivity index (χ0) is 21.3. The summed E-state index contributed by atoms with van der Waals surface area (Å²) in [7, 11) is 1.38. The van der Waals surface area contributed by atoms with Crippen molar-refractivity contribution in [1.29, 1.82) is 0 Å². The highest BCUT2D eigenvalue weighted by Gasteiger charge is 2.11. The Kier molecular flexibility index (Phi) is 7.56. The molecule has 0 aliphatic rings. The highest BCUT2D eigenvalue weighted by Crippen LogP contribution is 2.29. The lowest BCUT2D eigenvalue weighted by Crippen LogP contribution is -2.25. The maximum atomic E-state index is 12.4. The van der Waals surface area contributed by atoms with Crippen LogP contribution in [0, 0.1) is 0 Å². The minimum absolute atomic E-state index is 0.0302. The van der Waals surface area contributed by atoms with Crippen molar-refractivity contribution >= 4 is 17.2 Å². The molecule has 1 N–H and O–H groups in total. The van der Waals surface area contributed by atoms with Crippen LogP contribution in [0.2, 0.25) is 0 Å². The number of alkyl halides is 2. The molecule has 6 nitrogen and oxygen atoms in total. The van der Waals surface area contributed by atoms with Gasteiger partial charge in [-0.25, -0.2) is 4.98 Å². The van der Waals surface area contributed by atoms with E-state index in [9.17, 15) is 13.6 Å². The number of carbonyl (C=O) groups excluding carboxylic acids is 1. The number of carbonyl (C=O) groups is 1. The SMILES string of the molecule is COc1cc(CCNC(=O)c2ccc(OCc3cscn3)cc2)ccc1OC(F)F. The van der Waals surface area contributed by atoms with Crippen LogP contribution in [0.5, 0.6) is 17.2 Å². The third kappa shape index (κ3) is 6.15. The van der Waals surface area contributed by atoms with Gasteiger partial charge in [0.25, 0.3) is 5.91 Å². The van der Waals surface area contributed by atoms with Crippen molar-refractivity contribution < 1.29 is 27.8 Å². The Labute approximate surface area is 176 Å². The number of ether oxygens (including phenoxy) is 3. The minimum Gasteiger partial charge on any atom is -0.493 e. The number of nitrogens with one attached hydrogen (secondary N) is 1. The summed E-state index contributed by atoms with van der Waals surface area (Å²) in [6, 6.07) is 11.5. The van der Waals surface area contributed by atoms with Crippen LogP contribution < -0.4 is 19.5 Å². The van der Waals surface area contributed by atoms with Gasteiger partial charge in [0.15, 0.2) is 11.5 Å². The van der Waals surface area contributed by atoms with Crippen LogP contribution in [0.15, 0.2) is 53.4 Å². The van der Waals surface area contributed by atoms with Crippen LogP contribution >= 0.6 is 11.3 Å². The van der Waals surface area contributed by atoms with E-state index < -0.39 is 6.61 Å². The molecular formula is C21H20F2N2O4S. The third-order valence-corrected chi connectivity index (χ3v) is 4.77. The Hall–Kier alpha value is -3.20. The number of methoxy groups -OCH3 is 1. The van der Waals surface area contributed by atoms with E-state index in [1.807, 2.05) is 5.38 Å². The highest BCUT2D eigenvalue weighted by molar-refractivity contribution is 7.07. The van der Waals surface area contributed by atoms with Gasteiger partial charge in [-0.05, 0) is 48.4 Å². The van der Waals surface area contributed by atoms with Gasteiger partial charge in [-0.2, -0.15) is 8.78 Å². The van der Waals surface area contributed by atoms with E-state index in [-0.39, 0.29) is 17.4 Å². The van der Waals surface area contributed by atoms with Gasteiger partial charge in [0.2, 0.25) is 0 Å². The second-order valence-electron chi connectivity index (χ2n) is 6.16. The van der Waals surface area contributed by atoms with Gasteiger partial charge < -0.3 is 19.5 Å². The quantitative estimate of drug-likeness (QED) is 0.515. The predicted octanol–water partition coefficient (Wildman–Crippen LogP) is 4.30. The summed E-state index contributed by atoms with van der Waals surface area (Å²) in [5.74, 6) is 0.619. The minimum atomic E-state index is -2.92. The molecule has 30 heavy (non-hydrogen) atoms. The number of hydrogen-bond donors (Lipinski definition) is 1. The van der Waals surface area contributed by atoms with Crippen molar-refractivity contribution in [3.05, 3.63) is 70.2 Å². The molecule has 0 saturated carbocycles. The molecule has 3 rings (SSSR count). The predicted molar refractivity (Wildman–Crippen MR) is 109 cm³/mol. The van der Waals surface area contributed by atoms with Gasteiger partial charge in [0.1, 0.15) is 12.4 Å². The molecule has 0 saturated heterocycles. The number of hydrogen-bond acceptors (Lipinski definition) is 6. The summed E-state index contributed by atoms with van der Waals surface area (Å²) in [5.41, 5.74) is 3.93.